The average molecular weight is 394 g/mol. The molecule has 0 unspecified atom stereocenters. The summed E-state index contributed by atoms with van der Waals surface area (Å²) in [6, 6.07) is 5.53. The van der Waals surface area contributed by atoms with Gasteiger partial charge in [0, 0.05) is 11.9 Å². The Morgan fingerprint density at radius 1 is 1.15 bits per heavy atom. The van der Waals surface area contributed by atoms with Gasteiger partial charge in [-0.3, -0.25) is 4.90 Å². The van der Waals surface area contributed by atoms with Crippen molar-refractivity contribution in [2.75, 3.05) is 13.1 Å². The van der Waals surface area contributed by atoms with Crippen molar-refractivity contribution in [3.8, 4) is 0 Å². The molecule has 1 aromatic heterocycles. The van der Waals surface area contributed by atoms with Gasteiger partial charge in [0.2, 0.25) is 10.0 Å². The third-order valence-corrected chi connectivity index (χ3v) is 7.22. The summed E-state index contributed by atoms with van der Waals surface area (Å²) >= 11 is 1.51. The second kappa shape index (κ2) is 8.61. The van der Waals surface area contributed by atoms with Crippen molar-refractivity contribution in [3.05, 3.63) is 45.4 Å². The third kappa shape index (κ3) is 4.71. The van der Waals surface area contributed by atoms with Crippen LogP contribution >= 0.6 is 11.3 Å². The van der Waals surface area contributed by atoms with Crippen LogP contribution in [0.25, 0.3) is 0 Å². The Balaban J connectivity index is 1.64. The smallest absolute Gasteiger partial charge is 0.240 e. The summed E-state index contributed by atoms with van der Waals surface area (Å²) in [6.07, 6.45) is 4.35. The van der Waals surface area contributed by atoms with Crippen molar-refractivity contribution in [3.63, 3.8) is 0 Å². The summed E-state index contributed by atoms with van der Waals surface area (Å²) in [6.45, 7) is 7.26. The highest BCUT2D eigenvalue weighted by Crippen LogP contribution is 2.24. The van der Waals surface area contributed by atoms with E-state index in [9.17, 15) is 8.42 Å². The summed E-state index contributed by atoms with van der Waals surface area (Å²) in [4.78, 5) is 7.21. The molecule has 0 spiro atoms. The van der Waals surface area contributed by atoms with Crippen molar-refractivity contribution in [2.45, 2.75) is 57.5 Å². The first-order valence-electron chi connectivity index (χ1n) is 9.29. The molecule has 0 fully saturated rings. The van der Waals surface area contributed by atoms with Gasteiger partial charge in [0.05, 0.1) is 17.1 Å². The number of thiazole rings is 1. The van der Waals surface area contributed by atoms with Gasteiger partial charge in [0.15, 0.2) is 0 Å². The fraction of sp³-hybridized carbons (Fsp3) is 0.526. The van der Waals surface area contributed by atoms with E-state index in [-0.39, 0.29) is 6.54 Å². The molecule has 1 aliphatic rings. The van der Waals surface area contributed by atoms with Gasteiger partial charge in [-0.25, -0.2) is 18.1 Å². The monoisotopic (exact) mass is 393 g/mol. The molecule has 1 aliphatic carbocycles. The number of hydrogen-bond acceptors (Lipinski definition) is 5. The molecule has 0 amide bonds. The Morgan fingerprint density at radius 3 is 2.62 bits per heavy atom. The normalized spacial score (nSPS) is 14.6. The fourth-order valence-corrected chi connectivity index (χ4v) is 5.15. The molecule has 0 aliphatic heterocycles. The zero-order chi connectivity index (χ0) is 18.6. The zero-order valence-electron chi connectivity index (χ0n) is 15.5. The molecule has 26 heavy (non-hydrogen) atoms. The Labute approximate surface area is 160 Å². The number of rotatable bonds is 8. The highest BCUT2D eigenvalue weighted by Gasteiger charge is 2.18. The van der Waals surface area contributed by atoms with E-state index in [1.165, 1.54) is 28.9 Å². The highest BCUT2D eigenvalue weighted by atomic mass is 32.2. The van der Waals surface area contributed by atoms with Crippen LogP contribution in [0.4, 0.5) is 0 Å². The summed E-state index contributed by atoms with van der Waals surface area (Å²) in [7, 11) is -3.51. The van der Waals surface area contributed by atoms with E-state index in [0.29, 0.717) is 4.90 Å². The van der Waals surface area contributed by atoms with Crippen LogP contribution in [0.2, 0.25) is 0 Å². The van der Waals surface area contributed by atoms with Crippen molar-refractivity contribution in [2.24, 2.45) is 0 Å². The van der Waals surface area contributed by atoms with Gasteiger partial charge in [0.1, 0.15) is 5.01 Å². The molecule has 7 heteroatoms. The minimum atomic E-state index is -3.51. The van der Waals surface area contributed by atoms with E-state index in [4.69, 9.17) is 0 Å². The molecule has 1 N–H and O–H groups in total. The van der Waals surface area contributed by atoms with E-state index in [2.05, 4.69) is 28.5 Å². The number of aromatic nitrogens is 1. The van der Waals surface area contributed by atoms with Gasteiger partial charge < -0.3 is 0 Å². The minimum absolute atomic E-state index is 0.238. The first-order valence-corrected chi connectivity index (χ1v) is 11.6. The van der Waals surface area contributed by atoms with E-state index in [0.717, 1.165) is 49.6 Å². The van der Waals surface area contributed by atoms with Crippen LogP contribution in [0.5, 0.6) is 0 Å². The third-order valence-electron chi connectivity index (χ3n) is 4.92. The van der Waals surface area contributed by atoms with E-state index in [1.54, 1.807) is 6.07 Å². The number of nitrogens with zero attached hydrogens (tertiary/aromatic N) is 2. The van der Waals surface area contributed by atoms with Crippen LogP contribution in [0.1, 0.15) is 48.5 Å². The Kier molecular flexibility index (Phi) is 6.45. The first-order chi connectivity index (χ1) is 12.5. The molecule has 0 saturated carbocycles. The van der Waals surface area contributed by atoms with E-state index in [1.807, 2.05) is 17.5 Å². The Morgan fingerprint density at radius 2 is 1.88 bits per heavy atom. The zero-order valence-corrected chi connectivity index (χ0v) is 17.1. The second-order valence-electron chi connectivity index (χ2n) is 6.66. The molecule has 0 bridgehead atoms. The summed E-state index contributed by atoms with van der Waals surface area (Å²) in [5.74, 6) is 0. The number of hydrogen-bond donors (Lipinski definition) is 1. The lowest BCUT2D eigenvalue weighted by Crippen LogP contribution is -2.24. The predicted molar refractivity (Wildman–Crippen MR) is 106 cm³/mol. The SMILES string of the molecule is CCN(CC)Cc1csc(CNS(=O)(=O)c2ccc3c(c2)CCCC3)n1. The summed E-state index contributed by atoms with van der Waals surface area (Å²) in [5.41, 5.74) is 3.47. The quantitative estimate of drug-likeness (QED) is 0.747. The van der Waals surface area contributed by atoms with Gasteiger partial charge in [-0.05, 0) is 62.0 Å². The van der Waals surface area contributed by atoms with Crippen LogP contribution in [-0.4, -0.2) is 31.4 Å². The lowest BCUT2D eigenvalue weighted by molar-refractivity contribution is 0.292. The summed E-state index contributed by atoms with van der Waals surface area (Å²) < 4.78 is 28.0. The number of nitrogens with one attached hydrogen (secondary N) is 1. The van der Waals surface area contributed by atoms with Gasteiger partial charge in [0.25, 0.3) is 0 Å². The Bertz CT molecular complexity index is 842. The van der Waals surface area contributed by atoms with Gasteiger partial charge in [-0.1, -0.05) is 19.9 Å². The standard InChI is InChI=1S/C19H27N3O2S2/c1-3-22(4-2)13-17-14-25-19(21-17)12-20-26(23,24)18-10-9-15-7-5-6-8-16(15)11-18/h9-11,14,20H,3-8,12-13H2,1-2H3. The molecule has 5 nitrogen and oxygen atoms in total. The number of sulfonamides is 1. The molecule has 0 saturated heterocycles. The van der Waals surface area contributed by atoms with Crippen LogP contribution in [-0.2, 0) is 36.0 Å². The predicted octanol–water partition coefficient (Wildman–Crippen LogP) is 3.34. The highest BCUT2D eigenvalue weighted by molar-refractivity contribution is 7.89. The molecule has 0 atom stereocenters. The van der Waals surface area contributed by atoms with Crippen molar-refractivity contribution >= 4 is 21.4 Å². The van der Waals surface area contributed by atoms with Crippen LogP contribution in [0.3, 0.4) is 0 Å². The van der Waals surface area contributed by atoms with E-state index < -0.39 is 10.0 Å². The minimum Gasteiger partial charge on any atom is -0.298 e. The number of fused-ring (bicyclic) bond motifs is 1. The lowest BCUT2D eigenvalue weighted by atomic mass is 9.92. The van der Waals surface area contributed by atoms with Gasteiger partial charge >= 0.3 is 0 Å². The maximum absolute atomic E-state index is 12.6. The Hall–Kier alpha value is -1.28. The number of aryl methyl sites for hydroxylation is 2. The molecule has 0 radical (unpaired) electrons. The molecule has 142 valence electrons. The molecule has 1 aromatic carbocycles. The topological polar surface area (TPSA) is 62.3 Å². The second-order valence-corrected chi connectivity index (χ2v) is 9.37. The van der Waals surface area contributed by atoms with Crippen LogP contribution < -0.4 is 4.72 Å². The summed E-state index contributed by atoms with van der Waals surface area (Å²) in [5, 5.41) is 2.81. The van der Waals surface area contributed by atoms with Gasteiger partial charge in [-0.2, -0.15) is 0 Å². The van der Waals surface area contributed by atoms with Crippen molar-refractivity contribution in [1.82, 2.24) is 14.6 Å². The largest absolute Gasteiger partial charge is 0.298 e. The number of benzene rings is 1. The molecule has 3 rings (SSSR count). The molecular weight excluding hydrogens is 366 g/mol. The van der Waals surface area contributed by atoms with Crippen molar-refractivity contribution in [1.29, 1.82) is 0 Å². The maximum atomic E-state index is 12.6. The fourth-order valence-electron chi connectivity index (χ4n) is 3.30. The van der Waals surface area contributed by atoms with Crippen LogP contribution in [0.15, 0.2) is 28.5 Å². The molecule has 1 heterocycles. The molecule has 2 aromatic rings. The van der Waals surface area contributed by atoms with Gasteiger partial charge in [-0.15, -0.1) is 11.3 Å². The maximum Gasteiger partial charge on any atom is 0.240 e. The van der Waals surface area contributed by atoms with Crippen LogP contribution in [0, 0.1) is 0 Å². The lowest BCUT2D eigenvalue weighted by Gasteiger charge is -2.16. The van der Waals surface area contributed by atoms with Crippen molar-refractivity contribution < 1.29 is 8.42 Å². The molecular formula is C19H27N3O2S2. The average Bonchev–Trinajstić information content (AvgIpc) is 3.11. The van der Waals surface area contributed by atoms with E-state index >= 15 is 0 Å². The first kappa shape index (κ1) is 19.5.